The summed E-state index contributed by atoms with van der Waals surface area (Å²) in [4.78, 5) is 10.7. The van der Waals surface area contributed by atoms with Gasteiger partial charge in [-0.15, -0.1) is 0 Å². The number of aryl methyl sites for hydroxylation is 1. The third-order valence-corrected chi connectivity index (χ3v) is 3.38. The number of halogens is 1. The van der Waals surface area contributed by atoms with Crippen molar-refractivity contribution in [2.24, 2.45) is 7.05 Å². The van der Waals surface area contributed by atoms with E-state index in [9.17, 15) is 9.18 Å². The third-order valence-electron chi connectivity index (χ3n) is 3.38. The van der Waals surface area contributed by atoms with Gasteiger partial charge < -0.3 is 5.32 Å². The number of aromatic nitrogens is 2. The molecule has 3 rings (SSSR count). The fourth-order valence-electron chi connectivity index (χ4n) is 2.41. The molecule has 1 fully saturated rings. The monoisotopic (exact) mass is 259 g/mol. The molecule has 1 aromatic carbocycles. The molecule has 1 aliphatic rings. The van der Waals surface area contributed by atoms with Crippen LogP contribution >= 0.6 is 0 Å². The van der Waals surface area contributed by atoms with Crippen molar-refractivity contribution in [3.63, 3.8) is 0 Å². The second kappa shape index (κ2) is 4.50. The Bertz CT molecular complexity index is 614. The Balaban J connectivity index is 2.13. The van der Waals surface area contributed by atoms with Crippen LogP contribution < -0.4 is 5.32 Å². The Hall–Kier alpha value is -2.17. The number of benzene rings is 1. The molecule has 1 amide bonds. The van der Waals surface area contributed by atoms with E-state index in [1.54, 1.807) is 16.8 Å². The number of nitrogens with zero attached hydrogens (tertiary/aromatic N) is 2. The number of amides is 1. The molecule has 4 nitrogen and oxygen atoms in total. The molecule has 2 aromatic rings. The largest absolute Gasteiger partial charge is 0.312 e. The van der Waals surface area contributed by atoms with Gasteiger partial charge in [-0.2, -0.15) is 5.10 Å². The molecule has 1 saturated carbocycles. The maximum absolute atomic E-state index is 13.0. The summed E-state index contributed by atoms with van der Waals surface area (Å²) < 4.78 is 14.8. The minimum Gasteiger partial charge on any atom is -0.312 e. The molecule has 19 heavy (non-hydrogen) atoms. The Morgan fingerprint density at radius 2 is 2.05 bits per heavy atom. The number of carbonyl (C=O) groups excluding carboxylic acids is 1. The summed E-state index contributed by atoms with van der Waals surface area (Å²) in [6, 6.07) is 6.35. The van der Waals surface area contributed by atoms with Gasteiger partial charge in [-0.25, -0.2) is 4.39 Å². The molecule has 1 aromatic heterocycles. The summed E-state index contributed by atoms with van der Waals surface area (Å²) in [5.41, 5.74) is 2.92. The highest BCUT2D eigenvalue weighted by Crippen LogP contribution is 2.47. The van der Waals surface area contributed by atoms with Crippen molar-refractivity contribution in [3.05, 3.63) is 35.6 Å². The molecule has 0 aliphatic heterocycles. The lowest BCUT2D eigenvalue weighted by Gasteiger charge is -2.06. The zero-order valence-electron chi connectivity index (χ0n) is 10.6. The van der Waals surface area contributed by atoms with Gasteiger partial charge in [0.1, 0.15) is 5.82 Å². The zero-order chi connectivity index (χ0) is 13.4. The van der Waals surface area contributed by atoms with E-state index < -0.39 is 0 Å². The predicted octanol–water partition coefficient (Wildman–Crippen LogP) is 2.67. The van der Waals surface area contributed by atoms with Crippen molar-refractivity contribution in [2.45, 2.75) is 18.8 Å². The minimum absolute atomic E-state index is 0.259. The highest BCUT2D eigenvalue weighted by atomic mass is 19.1. The van der Waals surface area contributed by atoms with E-state index in [0.717, 1.165) is 29.7 Å². The maximum Gasteiger partial charge on any atom is 0.212 e. The topological polar surface area (TPSA) is 46.9 Å². The van der Waals surface area contributed by atoms with Crippen LogP contribution in [0.15, 0.2) is 24.3 Å². The van der Waals surface area contributed by atoms with Gasteiger partial charge in [0, 0.05) is 18.2 Å². The van der Waals surface area contributed by atoms with E-state index in [1.165, 1.54) is 12.1 Å². The van der Waals surface area contributed by atoms with Gasteiger partial charge in [-0.1, -0.05) is 0 Å². The first-order chi connectivity index (χ1) is 9.20. The summed E-state index contributed by atoms with van der Waals surface area (Å²) in [5.74, 6) is 0.792. The van der Waals surface area contributed by atoms with Gasteiger partial charge in [0.2, 0.25) is 6.41 Å². The van der Waals surface area contributed by atoms with E-state index in [-0.39, 0.29) is 5.82 Å². The quantitative estimate of drug-likeness (QED) is 0.858. The van der Waals surface area contributed by atoms with Crippen LogP contribution in [0.1, 0.15) is 24.3 Å². The van der Waals surface area contributed by atoms with E-state index in [1.807, 2.05) is 7.05 Å². The van der Waals surface area contributed by atoms with Crippen molar-refractivity contribution in [2.75, 3.05) is 5.32 Å². The SMILES string of the molecule is Cn1nc(NC=O)c(C2CC2)c1-c1ccc(F)cc1. The second-order valence-electron chi connectivity index (χ2n) is 4.78. The molecule has 0 radical (unpaired) electrons. The van der Waals surface area contributed by atoms with Crippen LogP contribution in [-0.4, -0.2) is 16.2 Å². The van der Waals surface area contributed by atoms with Crippen LogP contribution in [0.4, 0.5) is 10.2 Å². The lowest BCUT2D eigenvalue weighted by atomic mass is 10.0. The number of carbonyl (C=O) groups is 1. The molecular weight excluding hydrogens is 245 g/mol. The van der Waals surface area contributed by atoms with Crippen LogP contribution in [0.3, 0.4) is 0 Å². The molecular formula is C14H14FN3O. The van der Waals surface area contributed by atoms with Gasteiger partial charge in [-0.05, 0) is 43.0 Å². The van der Waals surface area contributed by atoms with E-state index in [2.05, 4.69) is 10.4 Å². The molecule has 1 heterocycles. The first-order valence-electron chi connectivity index (χ1n) is 6.23. The maximum atomic E-state index is 13.0. The molecule has 0 bridgehead atoms. The number of hydrogen-bond acceptors (Lipinski definition) is 2. The zero-order valence-corrected chi connectivity index (χ0v) is 10.6. The first kappa shape index (κ1) is 11.9. The van der Waals surface area contributed by atoms with Crippen LogP contribution in [-0.2, 0) is 11.8 Å². The number of hydrogen-bond donors (Lipinski definition) is 1. The summed E-state index contributed by atoms with van der Waals surface area (Å²) in [7, 11) is 1.83. The molecule has 98 valence electrons. The Kier molecular flexibility index (Phi) is 2.81. The van der Waals surface area contributed by atoms with E-state index in [0.29, 0.717) is 18.1 Å². The number of nitrogens with one attached hydrogen (secondary N) is 1. The van der Waals surface area contributed by atoms with Gasteiger partial charge in [0.25, 0.3) is 0 Å². The van der Waals surface area contributed by atoms with Crippen LogP contribution in [0.2, 0.25) is 0 Å². The number of anilines is 1. The van der Waals surface area contributed by atoms with Gasteiger partial charge >= 0.3 is 0 Å². The minimum atomic E-state index is -0.259. The van der Waals surface area contributed by atoms with Crippen molar-refractivity contribution in [1.82, 2.24) is 9.78 Å². The van der Waals surface area contributed by atoms with Crippen molar-refractivity contribution < 1.29 is 9.18 Å². The standard InChI is InChI=1S/C14H14FN3O/c1-18-13(10-4-6-11(15)7-5-10)12(9-2-3-9)14(17-18)16-8-19/h4-9H,2-3H2,1H3,(H,16,17,19). The molecule has 1 N–H and O–H groups in total. The van der Waals surface area contributed by atoms with Gasteiger partial charge in [0.05, 0.1) is 5.69 Å². The second-order valence-corrected chi connectivity index (χ2v) is 4.78. The van der Waals surface area contributed by atoms with Crippen LogP contribution in [0, 0.1) is 5.82 Å². The van der Waals surface area contributed by atoms with Gasteiger partial charge in [-0.3, -0.25) is 9.48 Å². The third kappa shape index (κ3) is 2.12. The Morgan fingerprint density at radius 3 is 2.63 bits per heavy atom. The average molecular weight is 259 g/mol. The van der Waals surface area contributed by atoms with Crippen molar-refractivity contribution in [3.8, 4) is 11.3 Å². The highest BCUT2D eigenvalue weighted by Gasteiger charge is 2.32. The normalized spacial score (nSPS) is 14.4. The van der Waals surface area contributed by atoms with Crippen molar-refractivity contribution >= 4 is 12.2 Å². The first-order valence-corrected chi connectivity index (χ1v) is 6.23. The predicted molar refractivity (Wildman–Crippen MR) is 70.3 cm³/mol. The summed E-state index contributed by atoms with van der Waals surface area (Å²) in [5, 5.41) is 6.99. The molecule has 5 heteroatoms. The van der Waals surface area contributed by atoms with E-state index in [4.69, 9.17) is 0 Å². The summed E-state index contributed by atoms with van der Waals surface area (Å²) >= 11 is 0. The molecule has 0 unspecified atom stereocenters. The van der Waals surface area contributed by atoms with Gasteiger partial charge in [0.15, 0.2) is 5.82 Å². The molecule has 0 spiro atoms. The Labute approximate surface area is 110 Å². The summed E-state index contributed by atoms with van der Waals surface area (Å²) in [6.45, 7) is 0. The fourth-order valence-corrected chi connectivity index (χ4v) is 2.41. The van der Waals surface area contributed by atoms with E-state index >= 15 is 0 Å². The molecule has 1 aliphatic carbocycles. The highest BCUT2D eigenvalue weighted by molar-refractivity contribution is 5.78. The lowest BCUT2D eigenvalue weighted by Crippen LogP contribution is -1.97. The number of rotatable bonds is 4. The summed E-state index contributed by atoms with van der Waals surface area (Å²) in [6.07, 6.45) is 2.85. The van der Waals surface area contributed by atoms with Crippen molar-refractivity contribution in [1.29, 1.82) is 0 Å². The fraction of sp³-hybridized carbons (Fsp3) is 0.286. The molecule has 0 saturated heterocycles. The average Bonchev–Trinajstić information content (AvgIpc) is 3.16. The molecule has 0 atom stereocenters. The van der Waals surface area contributed by atoms with Crippen LogP contribution in [0.5, 0.6) is 0 Å². The lowest BCUT2D eigenvalue weighted by molar-refractivity contribution is -0.105. The smallest absolute Gasteiger partial charge is 0.212 e. The Morgan fingerprint density at radius 1 is 1.37 bits per heavy atom. The van der Waals surface area contributed by atoms with Crippen LogP contribution in [0.25, 0.3) is 11.3 Å².